The number of ether oxygens (including phenoxy) is 1. The van der Waals surface area contributed by atoms with Crippen LogP contribution in [-0.2, 0) is 9.53 Å². The van der Waals surface area contributed by atoms with E-state index in [1.807, 2.05) is 15.6 Å². The molecule has 1 atom stereocenters. The van der Waals surface area contributed by atoms with Crippen LogP contribution < -0.4 is 10.2 Å². The lowest BCUT2D eigenvalue weighted by Gasteiger charge is -2.36. The van der Waals surface area contributed by atoms with Gasteiger partial charge in [-0.1, -0.05) is 24.3 Å². The van der Waals surface area contributed by atoms with E-state index in [0.29, 0.717) is 11.8 Å². The van der Waals surface area contributed by atoms with Crippen molar-refractivity contribution in [3.63, 3.8) is 0 Å². The molecule has 1 N–H and O–H groups in total. The Morgan fingerprint density at radius 2 is 1.84 bits per heavy atom. The quantitative estimate of drug-likeness (QED) is 0.688. The molecule has 0 radical (unpaired) electrons. The summed E-state index contributed by atoms with van der Waals surface area (Å²) in [6.07, 6.45) is 6.24. The van der Waals surface area contributed by atoms with Gasteiger partial charge in [-0.15, -0.1) is 0 Å². The number of nitrogens with one attached hydrogen (secondary N) is 1. The highest BCUT2D eigenvalue weighted by Gasteiger charge is 2.34. The van der Waals surface area contributed by atoms with Crippen LogP contribution in [0.4, 0.5) is 5.69 Å². The van der Waals surface area contributed by atoms with Crippen molar-refractivity contribution in [3.8, 4) is 11.1 Å². The molecule has 7 heteroatoms. The molecule has 0 unspecified atom stereocenters. The Morgan fingerprint density at radius 1 is 1.03 bits per heavy atom. The first-order valence-electron chi connectivity index (χ1n) is 11.7. The largest absolute Gasteiger partial charge is 0.371 e. The van der Waals surface area contributed by atoms with Gasteiger partial charge in [0.25, 0.3) is 0 Å². The number of amides is 1. The maximum Gasteiger partial charge on any atom is 0.225 e. The first kappa shape index (κ1) is 19.8. The number of carbonyl (C=O) groups excluding carboxylic acids is 1. The lowest BCUT2D eigenvalue weighted by Crippen LogP contribution is -2.49. The second-order valence-corrected chi connectivity index (χ2v) is 9.05. The van der Waals surface area contributed by atoms with Crippen LogP contribution >= 0.6 is 0 Å². The summed E-state index contributed by atoms with van der Waals surface area (Å²) in [5.74, 6) is 0.655. The van der Waals surface area contributed by atoms with Crippen LogP contribution in [0.2, 0.25) is 0 Å². The maximum absolute atomic E-state index is 12.4. The van der Waals surface area contributed by atoms with E-state index >= 15 is 0 Å². The molecule has 2 saturated heterocycles. The van der Waals surface area contributed by atoms with Gasteiger partial charge < -0.3 is 19.9 Å². The number of nitrogens with zero attached hydrogens (tertiary/aromatic N) is 4. The van der Waals surface area contributed by atoms with Crippen LogP contribution in [0.3, 0.4) is 0 Å². The number of piperazine rings is 1. The molecule has 4 heterocycles. The van der Waals surface area contributed by atoms with E-state index in [1.54, 1.807) is 0 Å². The number of hydrogen-bond acceptors (Lipinski definition) is 5. The third-order valence-electron chi connectivity index (χ3n) is 6.89. The Labute approximate surface area is 188 Å². The van der Waals surface area contributed by atoms with Gasteiger partial charge in [0.05, 0.1) is 23.9 Å². The van der Waals surface area contributed by atoms with Crippen LogP contribution in [0.5, 0.6) is 0 Å². The predicted octanol–water partition coefficient (Wildman–Crippen LogP) is 2.72. The van der Waals surface area contributed by atoms with Crippen LogP contribution in [-0.4, -0.2) is 66.3 Å². The second-order valence-electron chi connectivity index (χ2n) is 9.05. The normalized spacial score (nSPS) is 21.8. The number of benzene rings is 1. The molecule has 2 aliphatic heterocycles. The molecular weight excluding hydrogens is 402 g/mol. The molecule has 3 fully saturated rings. The summed E-state index contributed by atoms with van der Waals surface area (Å²) in [5, 5.41) is 7.93. The minimum atomic E-state index is 0.129. The number of aromatic nitrogens is 2. The minimum Gasteiger partial charge on any atom is -0.371 e. The Hall–Kier alpha value is -2.90. The van der Waals surface area contributed by atoms with Gasteiger partial charge in [-0.25, -0.2) is 4.52 Å². The topological polar surface area (TPSA) is 62.1 Å². The number of morpholine rings is 1. The van der Waals surface area contributed by atoms with Crippen molar-refractivity contribution in [1.82, 2.24) is 19.8 Å². The first-order valence-corrected chi connectivity index (χ1v) is 11.7. The van der Waals surface area contributed by atoms with Crippen LogP contribution in [0.25, 0.3) is 16.6 Å². The smallest absolute Gasteiger partial charge is 0.225 e. The van der Waals surface area contributed by atoms with E-state index in [-0.39, 0.29) is 6.10 Å². The Bertz CT molecular complexity index is 1110. The van der Waals surface area contributed by atoms with Gasteiger partial charge in [0.15, 0.2) is 0 Å². The van der Waals surface area contributed by atoms with Crippen molar-refractivity contribution < 1.29 is 9.53 Å². The summed E-state index contributed by atoms with van der Waals surface area (Å²) in [7, 11) is 0. The van der Waals surface area contributed by atoms with E-state index in [2.05, 4.69) is 57.9 Å². The lowest BCUT2D eigenvalue weighted by molar-refractivity contribution is -0.132. The highest BCUT2D eigenvalue weighted by atomic mass is 16.5. The zero-order chi connectivity index (χ0) is 21.5. The number of carbonyl (C=O) groups is 1. The van der Waals surface area contributed by atoms with Gasteiger partial charge in [-0.2, -0.15) is 5.10 Å². The highest BCUT2D eigenvalue weighted by molar-refractivity contribution is 5.82. The third-order valence-corrected chi connectivity index (χ3v) is 6.89. The van der Waals surface area contributed by atoms with E-state index in [1.165, 1.54) is 16.8 Å². The highest BCUT2D eigenvalue weighted by Crippen LogP contribution is 2.33. The van der Waals surface area contributed by atoms with E-state index in [0.717, 1.165) is 69.8 Å². The molecule has 7 nitrogen and oxygen atoms in total. The van der Waals surface area contributed by atoms with Crippen molar-refractivity contribution in [2.24, 2.45) is 5.92 Å². The summed E-state index contributed by atoms with van der Waals surface area (Å²) in [6.45, 7) is 5.88. The summed E-state index contributed by atoms with van der Waals surface area (Å²) < 4.78 is 7.84. The monoisotopic (exact) mass is 431 g/mol. The number of rotatable bonds is 4. The molecule has 6 rings (SSSR count). The molecule has 3 aliphatic rings. The third kappa shape index (κ3) is 3.76. The summed E-state index contributed by atoms with van der Waals surface area (Å²) in [6, 6.07) is 13.0. The number of hydrogen-bond donors (Lipinski definition) is 1. The zero-order valence-corrected chi connectivity index (χ0v) is 18.2. The Morgan fingerprint density at radius 3 is 2.56 bits per heavy atom. The van der Waals surface area contributed by atoms with Crippen molar-refractivity contribution >= 4 is 17.1 Å². The Kier molecular flexibility index (Phi) is 5.08. The maximum atomic E-state index is 12.4. The van der Waals surface area contributed by atoms with Gasteiger partial charge >= 0.3 is 0 Å². The second kappa shape index (κ2) is 8.22. The van der Waals surface area contributed by atoms with Gasteiger partial charge in [0.2, 0.25) is 5.91 Å². The standard InChI is InChI=1S/C25H29N5O2/c31-25(20-5-6-20)29-12-10-28(11-13-29)22-7-8-27-30-17-21(15-23(22)30)18-1-3-19(4-2-18)24-16-26-9-14-32-24/h1-4,7-8,15,17,20,24,26H,5-6,9-14,16H2/t24-/m0/s1. The van der Waals surface area contributed by atoms with Gasteiger partial charge in [0.1, 0.15) is 0 Å². The molecule has 32 heavy (non-hydrogen) atoms. The SMILES string of the molecule is O=C(C1CC1)N1CCN(c2ccnn3cc(-c4ccc([C@@H]5CNCCO5)cc4)cc23)CC1. The first-order chi connectivity index (χ1) is 15.8. The van der Waals surface area contributed by atoms with Gasteiger partial charge in [-0.05, 0) is 36.1 Å². The molecule has 1 aliphatic carbocycles. The fraction of sp³-hybridized carbons (Fsp3) is 0.440. The zero-order valence-electron chi connectivity index (χ0n) is 18.2. The fourth-order valence-corrected chi connectivity index (χ4v) is 4.85. The molecule has 0 bridgehead atoms. The number of fused-ring (bicyclic) bond motifs is 1. The van der Waals surface area contributed by atoms with Crippen molar-refractivity contribution in [3.05, 3.63) is 54.4 Å². The molecule has 1 amide bonds. The Balaban J connectivity index is 1.21. The van der Waals surface area contributed by atoms with Crippen molar-refractivity contribution in [2.45, 2.75) is 18.9 Å². The molecule has 0 spiro atoms. The van der Waals surface area contributed by atoms with Gasteiger partial charge in [-0.3, -0.25) is 4.79 Å². The van der Waals surface area contributed by atoms with Crippen molar-refractivity contribution in [1.29, 1.82) is 0 Å². The molecule has 1 aromatic carbocycles. The molecule has 3 aromatic rings. The average Bonchev–Trinajstić information content (AvgIpc) is 3.62. The van der Waals surface area contributed by atoms with E-state index in [9.17, 15) is 4.79 Å². The summed E-state index contributed by atoms with van der Waals surface area (Å²) in [4.78, 5) is 16.8. The minimum absolute atomic E-state index is 0.129. The predicted molar refractivity (Wildman–Crippen MR) is 124 cm³/mol. The molecular formula is C25H29N5O2. The molecule has 166 valence electrons. The lowest BCUT2D eigenvalue weighted by atomic mass is 10.0. The average molecular weight is 432 g/mol. The summed E-state index contributed by atoms with van der Waals surface area (Å²) >= 11 is 0. The fourth-order valence-electron chi connectivity index (χ4n) is 4.85. The van der Waals surface area contributed by atoms with Gasteiger partial charge in [0, 0.05) is 63.1 Å². The van der Waals surface area contributed by atoms with Crippen LogP contribution in [0, 0.1) is 5.92 Å². The van der Waals surface area contributed by atoms with Crippen LogP contribution in [0.1, 0.15) is 24.5 Å². The van der Waals surface area contributed by atoms with Crippen molar-refractivity contribution in [2.75, 3.05) is 50.8 Å². The molecule has 2 aromatic heterocycles. The van der Waals surface area contributed by atoms with Crippen LogP contribution in [0.15, 0.2) is 48.8 Å². The molecule has 1 saturated carbocycles. The van der Waals surface area contributed by atoms with E-state index < -0.39 is 0 Å². The van der Waals surface area contributed by atoms with E-state index in [4.69, 9.17) is 4.74 Å². The summed E-state index contributed by atoms with van der Waals surface area (Å²) in [5.41, 5.74) is 5.83. The number of anilines is 1.